The molecule has 2 aliphatic rings. The highest BCUT2D eigenvalue weighted by molar-refractivity contribution is 6.31. The summed E-state index contributed by atoms with van der Waals surface area (Å²) < 4.78 is 0. The minimum Gasteiger partial charge on any atom is -0.324 e. The second-order valence-corrected chi connectivity index (χ2v) is 8.74. The lowest BCUT2D eigenvalue weighted by Gasteiger charge is -2.35. The summed E-state index contributed by atoms with van der Waals surface area (Å²) >= 11 is 6.30. The van der Waals surface area contributed by atoms with Crippen LogP contribution in [0.25, 0.3) is 0 Å². The Kier molecular flexibility index (Phi) is 4.99. The Morgan fingerprint density at radius 1 is 1.21 bits per heavy atom. The summed E-state index contributed by atoms with van der Waals surface area (Å²) in [4.78, 5) is 44.6. The fourth-order valence-electron chi connectivity index (χ4n) is 5.25. The number of carbonyl (C=O) groups excluding carboxylic acids is 2. The lowest BCUT2D eigenvalue weighted by atomic mass is 9.71. The molecule has 5 rings (SSSR count). The van der Waals surface area contributed by atoms with Gasteiger partial charge in [0.25, 0.3) is 5.69 Å². The number of non-ortho nitro benzene ring substituents is 1. The number of benzene rings is 2. The van der Waals surface area contributed by atoms with Gasteiger partial charge >= 0.3 is 0 Å². The topological polar surface area (TPSA) is 105 Å². The van der Waals surface area contributed by atoms with Gasteiger partial charge in [0.2, 0.25) is 5.91 Å². The number of aromatic nitrogens is 1. The Morgan fingerprint density at radius 2 is 2.03 bits per heavy atom. The minimum atomic E-state index is -1.33. The molecular weight excluding hydrogens is 444 g/mol. The minimum absolute atomic E-state index is 0.0699. The van der Waals surface area contributed by atoms with Crippen LogP contribution >= 0.6 is 11.6 Å². The molecule has 1 amide bonds. The second-order valence-electron chi connectivity index (χ2n) is 8.31. The van der Waals surface area contributed by atoms with Crippen molar-refractivity contribution < 1.29 is 14.5 Å². The number of Topliss-reactive ketones (excluding diaryl/α,β-unsaturated/α-hetero) is 1. The molecule has 2 aromatic carbocycles. The fraction of sp³-hybridized carbons (Fsp3) is 0.208. The zero-order valence-corrected chi connectivity index (χ0v) is 18.3. The molecule has 0 saturated carbocycles. The number of ketones is 1. The maximum absolute atomic E-state index is 14.0. The highest BCUT2D eigenvalue weighted by atomic mass is 35.5. The van der Waals surface area contributed by atoms with Crippen molar-refractivity contribution in [3.63, 3.8) is 0 Å². The van der Waals surface area contributed by atoms with E-state index in [9.17, 15) is 19.7 Å². The molecule has 3 aromatic rings. The Balaban J connectivity index is 1.74. The third-order valence-corrected chi connectivity index (χ3v) is 6.86. The Morgan fingerprint density at radius 3 is 2.76 bits per heavy atom. The number of nitro groups is 1. The predicted molar refractivity (Wildman–Crippen MR) is 122 cm³/mol. The van der Waals surface area contributed by atoms with Gasteiger partial charge in [-0.15, -0.1) is 0 Å². The number of rotatable bonds is 4. The Hall–Kier alpha value is -3.62. The van der Waals surface area contributed by atoms with Crippen LogP contribution in [0.3, 0.4) is 0 Å². The molecule has 3 heterocycles. The summed E-state index contributed by atoms with van der Waals surface area (Å²) in [7, 11) is 1.78. The molecule has 1 N–H and O–H groups in total. The van der Waals surface area contributed by atoms with Gasteiger partial charge in [0.1, 0.15) is 11.2 Å². The number of amides is 1. The van der Waals surface area contributed by atoms with Crippen LogP contribution < -0.4 is 5.32 Å². The van der Waals surface area contributed by atoms with Crippen LogP contribution in [0.4, 0.5) is 11.4 Å². The first-order chi connectivity index (χ1) is 15.8. The monoisotopic (exact) mass is 462 g/mol. The van der Waals surface area contributed by atoms with Crippen molar-refractivity contribution in [1.82, 2.24) is 9.88 Å². The molecular formula is C24H19ClN4O4. The molecule has 0 unspecified atom stereocenters. The number of hydrogen-bond acceptors (Lipinski definition) is 6. The van der Waals surface area contributed by atoms with Gasteiger partial charge in [0.15, 0.2) is 5.78 Å². The average molecular weight is 463 g/mol. The van der Waals surface area contributed by atoms with Crippen molar-refractivity contribution in [3.8, 4) is 0 Å². The van der Waals surface area contributed by atoms with Gasteiger partial charge in [-0.1, -0.05) is 29.8 Å². The average Bonchev–Trinajstić information content (AvgIpc) is 3.29. The molecule has 3 atom stereocenters. The van der Waals surface area contributed by atoms with Gasteiger partial charge in [-0.2, -0.15) is 0 Å². The van der Waals surface area contributed by atoms with Gasteiger partial charge in [-0.3, -0.25) is 29.6 Å². The first kappa shape index (κ1) is 21.2. The first-order valence-electron chi connectivity index (χ1n) is 10.4. The van der Waals surface area contributed by atoms with Crippen molar-refractivity contribution in [2.24, 2.45) is 5.92 Å². The molecule has 0 aliphatic carbocycles. The molecule has 0 radical (unpaired) electrons. The van der Waals surface area contributed by atoms with Crippen LogP contribution in [-0.4, -0.2) is 40.1 Å². The van der Waals surface area contributed by atoms with Crippen molar-refractivity contribution in [2.45, 2.75) is 11.5 Å². The van der Waals surface area contributed by atoms with E-state index in [4.69, 9.17) is 11.6 Å². The molecule has 8 nitrogen and oxygen atoms in total. The van der Waals surface area contributed by atoms with Crippen molar-refractivity contribution >= 4 is 34.7 Å². The number of pyridine rings is 1. The SMILES string of the molecule is CN1C[C@H](c2cccc([N+](=O)[O-])c2)[C@@H](C(=O)c2ccccn2)[C@]12C(=O)Nc1ccc(Cl)cc12. The highest BCUT2D eigenvalue weighted by Crippen LogP contribution is 2.56. The number of nitro benzene ring substituents is 1. The van der Waals surface area contributed by atoms with Crippen LogP contribution in [0.5, 0.6) is 0 Å². The zero-order valence-electron chi connectivity index (χ0n) is 17.6. The number of likely N-dealkylation sites (N-methyl/N-ethyl adjacent to an activating group) is 1. The maximum atomic E-state index is 14.0. The van der Waals surface area contributed by atoms with Crippen LogP contribution in [0, 0.1) is 16.0 Å². The number of fused-ring (bicyclic) bond motifs is 2. The quantitative estimate of drug-likeness (QED) is 0.356. The molecule has 33 heavy (non-hydrogen) atoms. The van der Waals surface area contributed by atoms with Gasteiger partial charge < -0.3 is 5.32 Å². The standard InChI is InChI=1S/C24H19ClN4O4/c1-28-13-17(14-5-4-6-16(11-14)29(32)33)21(22(30)20-7-2-3-10-26-20)24(28)18-12-15(25)8-9-19(18)27-23(24)31/h2-12,17,21H,13H2,1H3,(H,27,31)/t17-,21+,24-/m1/s1. The molecule has 1 fully saturated rings. The third kappa shape index (κ3) is 3.13. The number of likely N-dealkylation sites (tertiary alicyclic amines) is 1. The number of halogens is 1. The summed E-state index contributed by atoms with van der Waals surface area (Å²) in [6, 6.07) is 16.4. The van der Waals surface area contributed by atoms with Crippen molar-refractivity contribution in [1.29, 1.82) is 0 Å². The van der Waals surface area contributed by atoms with Gasteiger partial charge in [0, 0.05) is 47.1 Å². The molecule has 2 aliphatic heterocycles. The summed E-state index contributed by atoms with van der Waals surface area (Å²) in [5, 5.41) is 14.8. The van der Waals surface area contributed by atoms with Gasteiger partial charge in [0.05, 0.1) is 10.8 Å². The largest absolute Gasteiger partial charge is 0.324 e. The van der Waals surface area contributed by atoms with E-state index in [1.807, 2.05) is 4.90 Å². The smallest absolute Gasteiger partial charge is 0.269 e. The predicted octanol–water partition coefficient (Wildman–Crippen LogP) is 4.02. The van der Waals surface area contributed by atoms with Crippen molar-refractivity contribution in [3.05, 3.63) is 98.8 Å². The van der Waals surface area contributed by atoms with Crippen LogP contribution in [-0.2, 0) is 10.3 Å². The fourth-order valence-corrected chi connectivity index (χ4v) is 5.42. The Bertz CT molecular complexity index is 1300. The molecule has 1 saturated heterocycles. The van der Waals surface area contributed by atoms with Gasteiger partial charge in [-0.05, 0) is 42.9 Å². The van der Waals surface area contributed by atoms with E-state index in [1.165, 1.54) is 18.3 Å². The van der Waals surface area contributed by atoms with E-state index in [-0.39, 0.29) is 23.1 Å². The van der Waals surface area contributed by atoms with E-state index in [0.29, 0.717) is 28.4 Å². The third-order valence-electron chi connectivity index (χ3n) is 6.62. The Labute approximate surface area is 194 Å². The van der Waals surface area contributed by atoms with Crippen molar-refractivity contribution in [2.75, 3.05) is 18.9 Å². The number of anilines is 1. The zero-order chi connectivity index (χ0) is 23.3. The maximum Gasteiger partial charge on any atom is 0.269 e. The molecule has 166 valence electrons. The summed E-state index contributed by atoms with van der Waals surface area (Å²) in [5.74, 6) is -2.00. The van der Waals surface area contributed by atoms with E-state index >= 15 is 0 Å². The highest BCUT2D eigenvalue weighted by Gasteiger charge is 2.64. The van der Waals surface area contributed by atoms with Crippen LogP contribution in [0.2, 0.25) is 5.02 Å². The number of nitrogens with one attached hydrogen (secondary N) is 1. The summed E-state index contributed by atoms with van der Waals surface area (Å²) in [5.41, 5.74) is 0.657. The van der Waals surface area contributed by atoms with Crippen LogP contribution in [0.15, 0.2) is 66.9 Å². The second kappa shape index (κ2) is 7.75. The number of hydrogen-bond donors (Lipinski definition) is 1. The van der Waals surface area contributed by atoms with Gasteiger partial charge in [-0.25, -0.2) is 0 Å². The first-order valence-corrected chi connectivity index (χ1v) is 10.7. The number of nitrogens with zero attached hydrogens (tertiary/aromatic N) is 3. The summed E-state index contributed by atoms with van der Waals surface area (Å²) in [6.07, 6.45) is 1.53. The lowest BCUT2D eigenvalue weighted by molar-refractivity contribution is -0.384. The molecule has 1 spiro atoms. The van der Waals surface area contributed by atoms with E-state index in [0.717, 1.165) is 0 Å². The molecule has 0 bridgehead atoms. The van der Waals surface area contributed by atoms with Crippen LogP contribution in [0.1, 0.15) is 27.5 Å². The normalized spacial score (nSPS) is 24.0. The lowest BCUT2D eigenvalue weighted by Crippen LogP contribution is -2.51. The summed E-state index contributed by atoms with van der Waals surface area (Å²) in [6.45, 7) is 0.337. The molecule has 9 heteroatoms. The van der Waals surface area contributed by atoms with E-state index < -0.39 is 22.3 Å². The van der Waals surface area contributed by atoms with E-state index in [1.54, 1.807) is 55.6 Å². The van der Waals surface area contributed by atoms with E-state index in [2.05, 4.69) is 10.3 Å². The molecule has 1 aromatic heterocycles. The number of carbonyl (C=O) groups is 2.